The highest BCUT2D eigenvalue weighted by Crippen LogP contribution is 2.42. The first-order chi connectivity index (χ1) is 18.6. The van der Waals surface area contributed by atoms with Gasteiger partial charge in [-0.25, -0.2) is 14.4 Å². The van der Waals surface area contributed by atoms with Crippen molar-refractivity contribution in [2.45, 2.75) is 31.1 Å². The molecule has 5 aromatic rings. The van der Waals surface area contributed by atoms with Crippen LogP contribution in [0.1, 0.15) is 36.1 Å². The summed E-state index contributed by atoms with van der Waals surface area (Å²) in [4.78, 5) is 23.3. The zero-order valence-electron chi connectivity index (χ0n) is 20.7. The number of aldehydes is 1. The number of aromatic amines is 1. The molecule has 0 radical (unpaired) electrons. The molecule has 6 nitrogen and oxygen atoms in total. The van der Waals surface area contributed by atoms with Crippen LogP contribution in [0.5, 0.6) is 11.5 Å². The highest BCUT2D eigenvalue weighted by molar-refractivity contribution is 7.16. The number of hydrogen-bond acceptors (Lipinski definition) is 6. The van der Waals surface area contributed by atoms with Crippen molar-refractivity contribution in [1.29, 1.82) is 0 Å². The van der Waals surface area contributed by atoms with Gasteiger partial charge in [-0.2, -0.15) is 0 Å². The number of aryl methyl sites for hydroxylation is 1. The average molecular weight is 528 g/mol. The Morgan fingerprint density at radius 2 is 1.89 bits per heavy atom. The first-order valence-corrected chi connectivity index (χ1v) is 13.5. The lowest BCUT2D eigenvalue weighted by molar-refractivity contribution is -0.107. The van der Waals surface area contributed by atoms with Crippen molar-refractivity contribution in [2.24, 2.45) is 0 Å². The summed E-state index contributed by atoms with van der Waals surface area (Å²) in [5, 5.41) is 0. The summed E-state index contributed by atoms with van der Waals surface area (Å²) in [6.07, 6.45) is 5.49. The van der Waals surface area contributed by atoms with Gasteiger partial charge in [-0.3, -0.25) is 0 Å². The van der Waals surface area contributed by atoms with Gasteiger partial charge < -0.3 is 19.3 Å². The number of nitrogens with zero attached hydrogens (tertiary/aromatic N) is 2. The van der Waals surface area contributed by atoms with Crippen LogP contribution in [0.15, 0.2) is 72.4 Å². The third-order valence-corrected chi connectivity index (χ3v) is 8.01. The van der Waals surface area contributed by atoms with Crippen molar-refractivity contribution in [3.05, 3.63) is 95.0 Å². The Morgan fingerprint density at radius 3 is 2.76 bits per heavy atom. The van der Waals surface area contributed by atoms with Crippen LogP contribution >= 0.6 is 11.3 Å². The lowest BCUT2D eigenvalue weighted by atomic mass is 9.71. The SMILES string of the molecule is O=CCCc1cccc(C2(c3cnc(-c4cc(Oc5ccc6scnc6c5)ccc4F)[nH]3)CCOCC2)c1. The molecule has 3 aromatic carbocycles. The number of fused-ring (bicyclic) bond motifs is 1. The summed E-state index contributed by atoms with van der Waals surface area (Å²) >= 11 is 1.57. The minimum Gasteiger partial charge on any atom is -0.457 e. The molecule has 1 N–H and O–H groups in total. The van der Waals surface area contributed by atoms with E-state index in [1.54, 1.807) is 29.0 Å². The second-order valence-electron chi connectivity index (χ2n) is 9.47. The molecular formula is C30H26FN3O3S. The number of carbonyl (C=O) groups is 1. The molecule has 6 rings (SSSR count). The van der Waals surface area contributed by atoms with E-state index in [4.69, 9.17) is 9.47 Å². The number of nitrogens with one attached hydrogen (secondary N) is 1. The second kappa shape index (κ2) is 10.5. The Kier molecular flexibility index (Phi) is 6.74. The van der Waals surface area contributed by atoms with Gasteiger partial charge in [0.1, 0.15) is 29.4 Å². The van der Waals surface area contributed by atoms with Crippen molar-refractivity contribution in [1.82, 2.24) is 15.0 Å². The predicted molar refractivity (Wildman–Crippen MR) is 145 cm³/mol. The van der Waals surface area contributed by atoms with Crippen molar-refractivity contribution in [2.75, 3.05) is 13.2 Å². The summed E-state index contributed by atoms with van der Waals surface area (Å²) < 4.78 is 27.9. The second-order valence-corrected chi connectivity index (χ2v) is 10.4. The normalized spacial score (nSPS) is 15.0. The van der Waals surface area contributed by atoms with E-state index in [1.807, 2.05) is 36.5 Å². The van der Waals surface area contributed by atoms with Gasteiger partial charge in [0.15, 0.2) is 0 Å². The maximum absolute atomic E-state index is 15.0. The van der Waals surface area contributed by atoms with E-state index in [1.165, 1.54) is 6.07 Å². The molecule has 0 atom stereocenters. The van der Waals surface area contributed by atoms with Gasteiger partial charge in [-0.1, -0.05) is 24.3 Å². The lowest BCUT2D eigenvalue weighted by Gasteiger charge is -2.37. The van der Waals surface area contributed by atoms with Gasteiger partial charge in [0.25, 0.3) is 0 Å². The predicted octanol–water partition coefficient (Wildman–Crippen LogP) is 6.85. The van der Waals surface area contributed by atoms with Crippen LogP contribution in [-0.2, 0) is 21.4 Å². The van der Waals surface area contributed by atoms with Crippen LogP contribution in [0, 0.1) is 5.82 Å². The topological polar surface area (TPSA) is 77.1 Å². The van der Waals surface area contributed by atoms with Gasteiger partial charge in [-0.05, 0) is 60.7 Å². The first-order valence-electron chi connectivity index (χ1n) is 12.6. The molecule has 38 heavy (non-hydrogen) atoms. The summed E-state index contributed by atoms with van der Waals surface area (Å²) in [6.45, 7) is 1.24. The summed E-state index contributed by atoms with van der Waals surface area (Å²) in [7, 11) is 0. The Bertz CT molecular complexity index is 1590. The fourth-order valence-electron chi connectivity index (χ4n) is 5.17. The van der Waals surface area contributed by atoms with E-state index in [9.17, 15) is 4.79 Å². The molecule has 1 fully saturated rings. The van der Waals surface area contributed by atoms with E-state index in [2.05, 4.69) is 27.1 Å². The molecule has 3 heterocycles. The number of thiazole rings is 1. The van der Waals surface area contributed by atoms with Crippen LogP contribution in [-0.4, -0.2) is 34.5 Å². The van der Waals surface area contributed by atoms with E-state index in [-0.39, 0.29) is 11.2 Å². The third-order valence-electron chi connectivity index (χ3n) is 7.20. The Balaban J connectivity index is 1.33. The van der Waals surface area contributed by atoms with Gasteiger partial charge in [-0.15, -0.1) is 11.3 Å². The van der Waals surface area contributed by atoms with Crippen LogP contribution in [0.3, 0.4) is 0 Å². The largest absolute Gasteiger partial charge is 0.457 e. The molecule has 0 aliphatic carbocycles. The van der Waals surface area contributed by atoms with Crippen molar-refractivity contribution in [3.63, 3.8) is 0 Å². The quantitative estimate of drug-likeness (QED) is 0.224. The monoisotopic (exact) mass is 527 g/mol. The summed E-state index contributed by atoms with van der Waals surface area (Å²) in [6, 6.07) is 18.8. The van der Waals surface area contributed by atoms with Crippen molar-refractivity contribution in [3.8, 4) is 22.9 Å². The molecule has 0 amide bonds. The number of carbonyl (C=O) groups excluding carboxylic acids is 1. The molecule has 192 valence electrons. The number of ether oxygens (including phenoxy) is 2. The molecule has 0 saturated carbocycles. The van der Waals surface area contributed by atoms with Crippen LogP contribution in [0.2, 0.25) is 0 Å². The fourth-order valence-corrected chi connectivity index (χ4v) is 5.83. The number of hydrogen-bond donors (Lipinski definition) is 1. The van der Waals surface area contributed by atoms with Gasteiger partial charge in [0.05, 0.1) is 21.3 Å². The number of benzene rings is 3. The maximum atomic E-state index is 15.0. The zero-order chi connectivity index (χ0) is 26.0. The minimum absolute atomic E-state index is 0.338. The number of imidazole rings is 1. The fraction of sp³-hybridized carbons (Fsp3) is 0.233. The molecule has 0 bridgehead atoms. The standard InChI is InChI=1S/C30H26FN3O3S/c31-25-8-6-22(37-23-7-9-27-26(17-23)33-19-38-27)16-24(25)29-32-18-28(34-29)30(10-13-36-14-11-30)21-5-1-3-20(15-21)4-2-12-35/h1,3,5-9,12,15-19H,2,4,10-11,13-14H2,(H,32,34). The van der Waals surface area contributed by atoms with Crippen LogP contribution < -0.4 is 4.74 Å². The van der Waals surface area contributed by atoms with Crippen molar-refractivity contribution >= 4 is 27.8 Å². The number of aromatic nitrogens is 3. The van der Waals surface area contributed by atoms with E-state index in [0.29, 0.717) is 48.9 Å². The molecular weight excluding hydrogens is 501 g/mol. The Morgan fingerprint density at radius 1 is 1.05 bits per heavy atom. The van der Waals surface area contributed by atoms with Gasteiger partial charge in [0.2, 0.25) is 0 Å². The van der Waals surface area contributed by atoms with Crippen LogP contribution in [0.25, 0.3) is 21.6 Å². The zero-order valence-corrected chi connectivity index (χ0v) is 21.5. The molecule has 1 aliphatic rings. The highest BCUT2D eigenvalue weighted by Gasteiger charge is 2.38. The Hall–Kier alpha value is -3.88. The Labute approximate surface area is 223 Å². The van der Waals surface area contributed by atoms with Gasteiger partial charge >= 0.3 is 0 Å². The van der Waals surface area contributed by atoms with E-state index < -0.39 is 0 Å². The van der Waals surface area contributed by atoms with E-state index in [0.717, 1.165) is 46.2 Å². The summed E-state index contributed by atoms with van der Waals surface area (Å²) in [5.74, 6) is 1.21. The smallest absolute Gasteiger partial charge is 0.140 e. The first kappa shape index (κ1) is 24.5. The molecule has 0 spiro atoms. The molecule has 2 aromatic heterocycles. The molecule has 1 aliphatic heterocycles. The molecule has 0 unspecified atom stereocenters. The average Bonchev–Trinajstić information content (AvgIpc) is 3.64. The molecule has 8 heteroatoms. The maximum Gasteiger partial charge on any atom is 0.140 e. The number of halogens is 1. The van der Waals surface area contributed by atoms with Gasteiger partial charge in [0, 0.05) is 43.0 Å². The minimum atomic E-state index is -0.384. The summed E-state index contributed by atoms with van der Waals surface area (Å²) in [5.41, 5.74) is 5.84. The number of rotatable bonds is 8. The third kappa shape index (κ3) is 4.73. The van der Waals surface area contributed by atoms with Crippen molar-refractivity contribution < 1.29 is 18.7 Å². The lowest BCUT2D eigenvalue weighted by Crippen LogP contribution is -2.35. The number of H-pyrrole nitrogens is 1. The highest BCUT2D eigenvalue weighted by atomic mass is 32.1. The van der Waals surface area contributed by atoms with E-state index >= 15 is 4.39 Å². The van der Waals surface area contributed by atoms with Crippen LogP contribution in [0.4, 0.5) is 4.39 Å². The molecule has 1 saturated heterocycles.